The highest BCUT2D eigenvalue weighted by Crippen LogP contribution is 2.37. The predicted octanol–water partition coefficient (Wildman–Crippen LogP) is 2.15. The van der Waals surface area contributed by atoms with Crippen LogP contribution in [0, 0.1) is 5.82 Å². The van der Waals surface area contributed by atoms with Crippen molar-refractivity contribution in [3.05, 3.63) is 35.6 Å². The van der Waals surface area contributed by atoms with Gasteiger partial charge in [-0.25, -0.2) is 9.18 Å². The van der Waals surface area contributed by atoms with Crippen LogP contribution in [0.25, 0.3) is 0 Å². The largest absolute Gasteiger partial charge is 0.465 e. The standard InChI is InChI=1S/C14H17FN2O3S/c1-2-20-12(18)9-16-14(19)17-6-7-21-13(17)10-4-3-5-11(15)8-10/h3-5,8,13H,2,6-7,9H2,1H3,(H,16,19)/t13-/m1/s1. The number of amides is 2. The minimum atomic E-state index is -0.472. The number of benzene rings is 1. The molecule has 1 aliphatic rings. The zero-order valence-electron chi connectivity index (χ0n) is 11.7. The molecule has 2 rings (SSSR count). The van der Waals surface area contributed by atoms with Crippen molar-refractivity contribution >= 4 is 23.8 Å². The molecular formula is C14H17FN2O3S. The number of esters is 1. The molecule has 7 heteroatoms. The first-order valence-electron chi connectivity index (χ1n) is 6.69. The van der Waals surface area contributed by atoms with Crippen LogP contribution in [0.1, 0.15) is 17.9 Å². The van der Waals surface area contributed by atoms with Gasteiger partial charge >= 0.3 is 12.0 Å². The summed E-state index contributed by atoms with van der Waals surface area (Å²) >= 11 is 1.57. The van der Waals surface area contributed by atoms with E-state index >= 15 is 0 Å². The predicted molar refractivity (Wildman–Crippen MR) is 78.3 cm³/mol. The second-order valence-corrected chi connectivity index (χ2v) is 5.62. The van der Waals surface area contributed by atoms with Crippen LogP contribution in [0.3, 0.4) is 0 Å². The van der Waals surface area contributed by atoms with Crippen LogP contribution in [-0.2, 0) is 9.53 Å². The Morgan fingerprint density at radius 2 is 2.33 bits per heavy atom. The van der Waals surface area contributed by atoms with Gasteiger partial charge in [0.25, 0.3) is 0 Å². The van der Waals surface area contributed by atoms with Crippen LogP contribution in [0.5, 0.6) is 0 Å². The number of ether oxygens (including phenoxy) is 1. The van der Waals surface area contributed by atoms with Crippen LogP contribution in [-0.4, -0.2) is 42.3 Å². The fourth-order valence-corrected chi connectivity index (χ4v) is 3.32. The second-order valence-electron chi connectivity index (χ2n) is 4.44. The Balaban J connectivity index is 1.98. The van der Waals surface area contributed by atoms with Crippen molar-refractivity contribution in [3.63, 3.8) is 0 Å². The lowest BCUT2D eigenvalue weighted by Crippen LogP contribution is -2.41. The molecule has 0 spiro atoms. The molecule has 1 heterocycles. The molecule has 1 aliphatic heterocycles. The Morgan fingerprint density at radius 3 is 3.05 bits per heavy atom. The summed E-state index contributed by atoms with van der Waals surface area (Å²) in [6, 6.07) is 5.86. The van der Waals surface area contributed by atoms with Gasteiger partial charge in [0.1, 0.15) is 17.7 Å². The highest BCUT2D eigenvalue weighted by atomic mass is 32.2. The number of urea groups is 1. The van der Waals surface area contributed by atoms with Crippen molar-refractivity contribution in [2.75, 3.05) is 25.4 Å². The van der Waals surface area contributed by atoms with Crippen LogP contribution in [0.15, 0.2) is 24.3 Å². The van der Waals surface area contributed by atoms with Gasteiger partial charge in [0.2, 0.25) is 0 Å². The number of rotatable bonds is 4. The summed E-state index contributed by atoms with van der Waals surface area (Å²) in [5.41, 5.74) is 0.740. The monoisotopic (exact) mass is 312 g/mol. The van der Waals surface area contributed by atoms with Crippen LogP contribution in [0.2, 0.25) is 0 Å². The first-order chi connectivity index (χ1) is 10.1. The zero-order valence-corrected chi connectivity index (χ0v) is 12.5. The first-order valence-corrected chi connectivity index (χ1v) is 7.74. The fourth-order valence-electron chi connectivity index (χ4n) is 2.08. The van der Waals surface area contributed by atoms with Gasteiger partial charge < -0.3 is 15.0 Å². The van der Waals surface area contributed by atoms with Crippen molar-refractivity contribution in [3.8, 4) is 0 Å². The Kier molecular flexibility index (Phi) is 5.44. The SMILES string of the molecule is CCOC(=O)CNC(=O)N1CCS[C@@H]1c1cccc(F)c1. The average Bonchev–Trinajstić information content (AvgIpc) is 2.94. The third-order valence-corrected chi connectivity index (χ3v) is 4.24. The zero-order chi connectivity index (χ0) is 15.2. The molecule has 1 N–H and O–H groups in total. The first kappa shape index (κ1) is 15.6. The number of carbonyl (C=O) groups excluding carboxylic acids is 2. The Labute approximate surface area is 126 Å². The lowest BCUT2D eigenvalue weighted by atomic mass is 10.2. The maximum Gasteiger partial charge on any atom is 0.325 e. The van der Waals surface area contributed by atoms with Gasteiger partial charge in [-0.15, -0.1) is 11.8 Å². The van der Waals surface area contributed by atoms with E-state index in [2.05, 4.69) is 5.32 Å². The third-order valence-electron chi connectivity index (χ3n) is 2.97. The second kappa shape index (κ2) is 7.31. The van der Waals surface area contributed by atoms with Crippen molar-refractivity contribution in [1.29, 1.82) is 0 Å². The summed E-state index contributed by atoms with van der Waals surface area (Å²) in [5.74, 6) is -0.0273. The van der Waals surface area contributed by atoms with Gasteiger partial charge in [0.15, 0.2) is 0 Å². The molecule has 1 saturated heterocycles. The molecule has 114 valence electrons. The van der Waals surface area contributed by atoms with Gasteiger partial charge in [-0.05, 0) is 24.6 Å². The summed E-state index contributed by atoms with van der Waals surface area (Å²) in [6.45, 7) is 2.38. The molecule has 1 atom stereocenters. The minimum Gasteiger partial charge on any atom is -0.465 e. The molecule has 21 heavy (non-hydrogen) atoms. The minimum absolute atomic E-state index is 0.163. The summed E-state index contributed by atoms with van der Waals surface area (Å²) in [5, 5.41) is 2.30. The van der Waals surface area contributed by atoms with Gasteiger partial charge in [0, 0.05) is 12.3 Å². The summed E-state index contributed by atoms with van der Waals surface area (Å²) in [4.78, 5) is 25.0. The van der Waals surface area contributed by atoms with Gasteiger partial charge in [-0.2, -0.15) is 0 Å². The van der Waals surface area contributed by atoms with E-state index in [1.165, 1.54) is 12.1 Å². The quantitative estimate of drug-likeness (QED) is 0.866. The van der Waals surface area contributed by atoms with Crippen LogP contribution < -0.4 is 5.32 Å². The van der Waals surface area contributed by atoms with Gasteiger partial charge in [-0.3, -0.25) is 4.79 Å². The Morgan fingerprint density at radius 1 is 1.52 bits per heavy atom. The number of halogens is 1. The molecule has 0 aliphatic carbocycles. The number of thioether (sulfide) groups is 1. The van der Waals surface area contributed by atoms with Crippen LogP contribution >= 0.6 is 11.8 Å². The molecule has 2 amide bonds. The number of carbonyl (C=O) groups is 2. The Hall–Kier alpha value is -1.76. The maximum atomic E-state index is 13.3. The fraction of sp³-hybridized carbons (Fsp3) is 0.429. The number of hydrogen-bond donors (Lipinski definition) is 1. The van der Waals surface area contributed by atoms with E-state index in [0.717, 1.165) is 11.3 Å². The van der Waals surface area contributed by atoms with Crippen molar-refractivity contribution in [2.45, 2.75) is 12.3 Å². The Bertz CT molecular complexity index is 527. The number of hydrogen-bond acceptors (Lipinski definition) is 4. The molecule has 5 nitrogen and oxygen atoms in total. The highest BCUT2D eigenvalue weighted by molar-refractivity contribution is 7.99. The van der Waals surface area contributed by atoms with Crippen molar-refractivity contribution in [2.24, 2.45) is 0 Å². The van der Waals surface area contributed by atoms with E-state index in [1.807, 2.05) is 0 Å². The third kappa shape index (κ3) is 4.10. The van der Waals surface area contributed by atoms with E-state index < -0.39 is 5.97 Å². The molecule has 1 aromatic rings. The topological polar surface area (TPSA) is 58.6 Å². The van der Waals surface area contributed by atoms with Crippen LogP contribution in [0.4, 0.5) is 9.18 Å². The van der Waals surface area contributed by atoms with E-state index in [9.17, 15) is 14.0 Å². The van der Waals surface area contributed by atoms with Gasteiger partial charge in [0.05, 0.1) is 6.61 Å². The highest BCUT2D eigenvalue weighted by Gasteiger charge is 2.31. The lowest BCUT2D eigenvalue weighted by molar-refractivity contribution is -0.141. The van der Waals surface area contributed by atoms with E-state index in [1.54, 1.807) is 35.7 Å². The molecule has 0 aromatic heterocycles. The van der Waals surface area contributed by atoms with E-state index in [0.29, 0.717) is 6.54 Å². The maximum absolute atomic E-state index is 13.3. The van der Waals surface area contributed by atoms with E-state index in [-0.39, 0.29) is 30.4 Å². The van der Waals surface area contributed by atoms with Gasteiger partial charge in [-0.1, -0.05) is 12.1 Å². The molecule has 0 saturated carbocycles. The normalized spacial score (nSPS) is 17.6. The molecule has 1 aromatic carbocycles. The smallest absolute Gasteiger partial charge is 0.325 e. The molecular weight excluding hydrogens is 295 g/mol. The van der Waals surface area contributed by atoms with Crippen molar-refractivity contribution in [1.82, 2.24) is 10.2 Å². The summed E-state index contributed by atoms with van der Waals surface area (Å²) < 4.78 is 18.1. The van der Waals surface area contributed by atoms with E-state index in [4.69, 9.17) is 4.74 Å². The summed E-state index contributed by atoms with van der Waals surface area (Å²) in [7, 11) is 0. The number of nitrogens with one attached hydrogen (secondary N) is 1. The summed E-state index contributed by atoms with van der Waals surface area (Å²) in [6.07, 6.45) is 0. The number of nitrogens with zero attached hydrogens (tertiary/aromatic N) is 1. The molecule has 0 radical (unpaired) electrons. The van der Waals surface area contributed by atoms with Crippen molar-refractivity contribution < 1.29 is 18.7 Å². The lowest BCUT2D eigenvalue weighted by Gasteiger charge is -2.24. The molecule has 0 bridgehead atoms. The molecule has 1 fully saturated rings. The molecule has 0 unspecified atom stereocenters. The average molecular weight is 312 g/mol.